The lowest BCUT2D eigenvalue weighted by molar-refractivity contribution is -0.385. The number of carbonyl (C=O) groups excluding carboxylic acids is 1. The zero-order chi connectivity index (χ0) is 12.0. The third-order valence-corrected chi connectivity index (χ3v) is 1.50. The van der Waals surface area contributed by atoms with Gasteiger partial charge in [0.05, 0.1) is 11.5 Å². The van der Waals surface area contributed by atoms with Gasteiger partial charge in [0.1, 0.15) is 0 Å². The van der Waals surface area contributed by atoms with Crippen LogP contribution < -0.4 is 4.74 Å². The van der Waals surface area contributed by atoms with E-state index in [1.165, 1.54) is 24.3 Å². The van der Waals surface area contributed by atoms with Gasteiger partial charge < -0.3 is 4.74 Å². The van der Waals surface area contributed by atoms with Gasteiger partial charge in [-0.1, -0.05) is 12.1 Å². The molecule has 0 atom stereocenters. The summed E-state index contributed by atoms with van der Waals surface area (Å²) < 4.78 is 4.58. The van der Waals surface area contributed by atoms with Crippen molar-refractivity contribution >= 4 is 11.8 Å². The third-order valence-electron chi connectivity index (χ3n) is 1.50. The van der Waals surface area contributed by atoms with Crippen molar-refractivity contribution in [3.05, 3.63) is 34.4 Å². The van der Waals surface area contributed by atoms with Crippen molar-refractivity contribution in [2.24, 2.45) is 0 Å². The average Bonchev–Trinajstić information content (AvgIpc) is 2.27. The molecule has 7 nitrogen and oxygen atoms in total. The van der Waals surface area contributed by atoms with Crippen molar-refractivity contribution in [1.29, 1.82) is 0 Å². The van der Waals surface area contributed by atoms with Crippen LogP contribution in [-0.4, -0.2) is 17.7 Å². The molecule has 0 radical (unpaired) electrons. The van der Waals surface area contributed by atoms with Gasteiger partial charge in [-0.05, 0) is 13.0 Å². The quantitative estimate of drug-likeness (QED) is 0.257. The highest BCUT2D eigenvalue weighted by atomic mass is 17.2. The molecule has 0 aliphatic carbocycles. The summed E-state index contributed by atoms with van der Waals surface area (Å²) in [5.74, 6) is -0.197. The summed E-state index contributed by atoms with van der Waals surface area (Å²) in [4.78, 5) is 29.3. The van der Waals surface area contributed by atoms with E-state index in [0.29, 0.717) is 0 Å². The van der Waals surface area contributed by atoms with Crippen molar-refractivity contribution in [3.63, 3.8) is 0 Å². The predicted molar refractivity (Wildman–Crippen MR) is 51.8 cm³/mol. The number of hydrogen-bond donors (Lipinski definition) is 0. The van der Waals surface area contributed by atoms with Gasteiger partial charge >= 0.3 is 11.8 Å². The number of benzene rings is 1. The molecule has 0 amide bonds. The third kappa shape index (κ3) is 3.21. The van der Waals surface area contributed by atoms with Crippen molar-refractivity contribution < 1.29 is 24.2 Å². The smallest absolute Gasteiger partial charge is 0.386 e. The van der Waals surface area contributed by atoms with Gasteiger partial charge in [0.15, 0.2) is 0 Å². The van der Waals surface area contributed by atoms with Gasteiger partial charge in [0.2, 0.25) is 5.75 Å². The second-order valence-corrected chi connectivity index (χ2v) is 2.57. The Hall–Kier alpha value is -2.15. The maximum absolute atomic E-state index is 11.0. The summed E-state index contributed by atoms with van der Waals surface area (Å²) in [6, 6.07) is 5.45. The number of nitro benzene ring substituents is 1. The normalized spacial score (nSPS) is 9.56. The first kappa shape index (κ1) is 11.9. The van der Waals surface area contributed by atoms with E-state index in [4.69, 9.17) is 0 Å². The molecule has 0 fully saturated rings. The number of para-hydroxylation sites is 2. The molecule has 0 N–H and O–H groups in total. The van der Waals surface area contributed by atoms with Crippen LogP contribution >= 0.6 is 0 Å². The molecule has 0 aliphatic rings. The molecule has 86 valence electrons. The van der Waals surface area contributed by atoms with Gasteiger partial charge in [0, 0.05) is 6.07 Å². The van der Waals surface area contributed by atoms with Crippen LogP contribution in [0.15, 0.2) is 24.3 Å². The molecular formula is C9H9NO6. The zero-order valence-electron chi connectivity index (χ0n) is 8.41. The van der Waals surface area contributed by atoms with Crippen molar-refractivity contribution in [2.75, 3.05) is 6.61 Å². The van der Waals surface area contributed by atoms with Gasteiger partial charge in [-0.15, -0.1) is 0 Å². The molecule has 0 saturated carbocycles. The SMILES string of the molecule is CCOOC(=O)Oc1ccccc1[N+](=O)[O-]. The lowest BCUT2D eigenvalue weighted by Crippen LogP contribution is -2.11. The minimum absolute atomic E-state index is 0.159. The highest BCUT2D eigenvalue weighted by Gasteiger charge is 2.18. The van der Waals surface area contributed by atoms with Crippen LogP contribution in [0, 0.1) is 10.1 Å². The number of rotatable bonds is 4. The number of hydrogen-bond acceptors (Lipinski definition) is 6. The molecule has 7 heteroatoms. The molecule has 0 spiro atoms. The predicted octanol–water partition coefficient (Wildman–Crippen LogP) is 2.06. The summed E-state index contributed by atoms with van der Waals surface area (Å²) in [5.41, 5.74) is -0.323. The van der Waals surface area contributed by atoms with E-state index in [-0.39, 0.29) is 18.0 Å². The first-order valence-electron chi connectivity index (χ1n) is 4.40. The lowest BCUT2D eigenvalue weighted by atomic mass is 10.3. The number of nitro groups is 1. The number of carbonyl (C=O) groups is 1. The number of ether oxygens (including phenoxy) is 1. The largest absolute Gasteiger partial charge is 0.546 e. The number of nitrogens with zero attached hydrogens (tertiary/aromatic N) is 1. The Labute approximate surface area is 90.6 Å². The van der Waals surface area contributed by atoms with E-state index in [0.717, 1.165) is 0 Å². The van der Waals surface area contributed by atoms with Crippen LogP contribution in [0.1, 0.15) is 6.92 Å². The van der Waals surface area contributed by atoms with E-state index >= 15 is 0 Å². The van der Waals surface area contributed by atoms with Crippen molar-refractivity contribution in [1.82, 2.24) is 0 Å². The lowest BCUT2D eigenvalue weighted by Gasteiger charge is -2.03. The van der Waals surface area contributed by atoms with Crippen LogP contribution in [0.2, 0.25) is 0 Å². The van der Waals surface area contributed by atoms with Crippen LogP contribution in [0.5, 0.6) is 5.75 Å². The summed E-state index contributed by atoms with van der Waals surface area (Å²) in [7, 11) is 0. The van der Waals surface area contributed by atoms with Gasteiger partial charge in [-0.2, -0.15) is 4.89 Å². The minimum atomic E-state index is -1.16. The Morgan fingerprint density at radius 2 is 2.12 bits per heavy atom. The topological polar surface area (TPSA) is 87.9 Å². The zero-order valence-corrected chi connectivity index (χ0v) is 8.41. The van der Waals surface area contributed by atoms with Crippen LogP contribution in [0.3, 0.4) is 0 Å². The fourth-order valence-corrected chi connectivity index (χ4v) is 0.908. The molecule has 0 bridgehead atoms. The Balaban J connectivity index is 2.73. The first-order valence-corrected chi connectivity index (χ1v) is 4.40. The second-order valence-electron chi connectivity index (χ2n) is 2.57. The summed E-state index contributed by atoms with van der Waals surface area (Å²) in [6.07, 6.45) is -1.16. The van der Waals surface area contributed by atoms with Crippen molar-refractivity contribution in [2.45, 2.75) is 6.92 Å². The molecule has 1 aromatic rings. The summed E-state index contributed by atoms with van der Waals surface area (Å²) in [5, 5.41) is 10.6. The van der Waals surface area contributed by atoms with Crippen LogP contribution in [0.25, 0.3) is 0 Å². The monoisotopic (exact) mass is 227 g/mol. The Morgan fingerprint density at radius 3 is 2.75 bits per heavy atom. The average molecular weight is 227 g/mol. The highest BCUT2D eigenvalue weighted by molar-refractivity contribution is 5.65. The molecule has 0 aliphatic heterocycles. The maximum Gasteiger partial charge on any atom is 0.546 e. The molecule has 1 aromatic carbocycles. The van der Waals surface area contributed by atoms with E-state index in [1.54, 1.807) is 6.92 Å². The van der Waals surface area contributed by atoms with E-state index in [1.807, 2.05) is 0 Å². The molecule has 0 unspecified atom stereocenters. The van der Waals surface area contributed by atoms with Gasteiger partial charge in [-0.3, -0.25) is 15.0 Å². The summed E-state index contributed by atoms with van der Waals surface area (Å²) in [6.45, 7) is 1.77. The molecule has 1 rings (SSSR count). The highest BCUT2D eigenvalue weighted by Crippen LogP contribution is 2.25. The standard InChI is InChI=1S/C9H9NO6/c1-2-14-16-9(11)15-8-6-4-3-5-7(8)10(12)13/h3-6H,2H2,1H3. The molecule has 0 saturated heterocycles. The fraction of sp³-hybridized carbons (Fsp3) is 0.222. The Bertz CT molecular complexity index is 391. The van der Waals surface area contributed by atoms with Gasteiger partial charge in [0.25, 0.3) is 0 Å². The van der Waals surface area contributed by atoms with E-state index < -0.39 is 11.1 Å². The fourth-order valence-electron chi connectivity index (χ4n) is 0.908. The van der Waals surface area contributed by atoms with Crippen molar-refractivity contribution in [3.8, 4) is 5.75 Å². The van der Waals surface area contributed by atoms with Crippen LogP contribution in [-0.2, 0) is 9.78 Å². The minimum Gasteiger partial charge on any atom is -0.386 e. The van der Waals surface area contributed by atoms with Crippen LogP contribution in [0.4, 0.5) is 10.5 Å². The molecule has 0 heterocycles. The van der Waals surface area contributed by atoms with Gasteiger partial charge in [-0.25, -0.2) is 4.79 Å². The van der Waals surface area contributed by atoms with E-state index in [2.05, 4.69) is 14.5 Å². The first-order chi connectivity index (χ1) is 7.65. The molecule has 0 aromatic heterocycles. The second kappa shape index (κ2) is 5.66. The molecule has 16 heavy (non-hydrogen) atoms. The van der Waals surface area contributed by atoms with E-state index in [9.17, 15) is 14.9 Å². The Kier molecular flexibility index (Phi) is 4.22. The maximum atomic E-state index is 11.0. The Morgan fingerprint density at radius 1 is 1.44 bits per heavy atom. The summed E-state index contributed by atoms with van der Waals surface area (Å²) >= 11 is 0. The molecular weight excluding hydrogens is 218 g/mol.